The van der Waals surface area contributed by atoms with Crippen LogP contribution in [0.25, 0.3) is 0 Å². The molecule has 0 spiro atoms. The quantitative estimate of drug-likeness (QED) is 0.505. The molecule has 0 unspecified atom stereocenters. The lowest BCUT2D eigenvalue weighted by Gasteiger charge is -2.21. The molecular weight excluding hydrogens is 474 g/mol. The molecule has 3 aromatic rings. The van der Waals surface area contributed by atoms with Crippen molar-refractivity contribution in [3.8, 4) is 5.75 Å². The number of nitrogens with one attached hydrogen (secondary N) is 2. The third kappa shape index (κ3) is 4.78. The van der Waals surface area contributed by atoms with Crippen LogP contribution in [0, 0.1) is 0 Å². The number of para-hydroxylation sites is 2. The maximum Gasteiger partial charge on any atom is 0.279 e. The van der Waals surface area contributed by atoms with Gasteiger partial charge in [-0.15, -0.1) is 11.3 Å². The van der Waals surface area contributed by atoms with Gasteiger partial charge in [0, 0.05) is 17.5 Å². The largest absolute Gasteiger partial charge is 0.495 e. The molecular formula is C24H25N3O5S2. The molecule has 0 fully saturated rings. The number of methoxy groups -OCH3 is 1. The fraction of sp³-hybridized carbons (Fsp3) is 0.250. The van der Waals surface area contributed by atoms with Crippen molar-refractivity contribution in [3.05, 3.63) is 75.5 Å². The van der Waals surface area contributed by atoms with Gasteiger partial charge in [-0.25, -0.2) is 8.42 Å². The van der Waals surface area contributed by atoms with Crippen molar-refractivity contribution in [3.63, 3.8) is 0 Å². The lowest BCUT2D eigenvalue weighted by Crippen LogP contribution is -2.41. The molecule has 0 aliphatic heterocycles. The van der Waals surface area contributed by atoms with E-state index in [0.717, 1.165) is 30.0 Å². The predicted molar refractivity (Wildman–Crippen MR) is 131 cm³/mol. The Balaban J connectivity index is 1.42. The van der Waals surface area contributed by atoms with Crippen LogP contribution in [0.1, 0.15) is 43.3 Å². The van der Waals surface area contributed by atoms with E-state index in [2.05, 4.69) is 10.9 Å². The molecule has 2 aromatic carbocycles. The van der Waals surface area contributed by atoms with E-state index in [4.69, 9.17) is 4.74 Å². The number of carbonyl (C=O) groups is 2. The lowest BCUT2D eigenvalue weighted by molar-refractivity contribution is 0.0849. The fourth-order valence-corrected chi connectivity index (χ4v) is 6.16. The number of aryl methyl sites for hydroxylation is 2. The summed E-state index contributed by atoms with van der Waals surface area (Å²) < 4.78 is 32.5. The first-order valence-electron chi connectivity index (χ1n) is 10.8. The molecule has 1 heterocycles. The van der Waals surface area contributed by atoms with Crippen LogP contribution in [0.4, 0.5) is 5.69 Å². The number of thiophene rings is 1. The van der Waals surface area contributed by atoms with Gasteiger partial charge in [0.15, 0.2) is 0 Å². The first kappa shape index (κ1) is 23.8. The van der Waals surface area contributed by atoms with Gasteiger partial charge in [-0.3, -0.25) is 24.7 Å². The van der Waals surface area contributed by atoms with Crippen LogP contribution in [0.5, 0.6) is 5.75 Å². The normalized spacial score (nSPS) is 13.0. The first-order chi connectivity index (χ1) is 16.3. The molecule has 34 heavy (non-hydrogen) atoms. The van der Waals surface area contributed by atoms with Crippen LogP contribution in [0.3, 0.4) is 0 Å². The summed E-state index contributed by atoms with van der Waals surface area (Å²) in [6.45, 7) is 0. The highest BCUT2D eigenvalue weighted by Gasteiger charge is 2.24. The number of fused-ring (bicyclic) bond motifs is 1. The molecule has 0 saturated heterocycles. The van der Waals surface area contributed by atoms with E-state index in [1.54, 1.807) is 24.3 Å². The van der Waals surface area contributed by atoms with Gasteiger partial charge in [-0.1, -0.05) is 12.1 Å². The SMILES string of the molecule is COc1ccccc1N(C)S(=O)(=O)c1ccc(C(=O)NNC(=O)c2cc3c(s2)CCCC3)cc1. The Morgan fingerprint density at radius 2 is 1.65 bits per heavy atom. The zero-order valence-corrected chi connectivity index (χ0v) is 20.5. The number of sulfonamides is 1. The van der Waals surface area contributed by atoms with Crippen molar-refractivity contribution < 1.29 is 22.7 Å². The highest BCUT2D eigenvalue weighted by Crippen LogP contribution is 2.31. The third-order valence-electron chi connectivity index (χ3n) is 5.71. The van der Waals surface area contributed by atoms with Crippen molar-refractivity contribution in [2.75, 3.05) is 18.5 Å². The fourth-order valence-electron chi connectivity index (χ4n) is 3.81. The number of hydrogen-bond donors (Lipinski definition) is 2. The number of nitrogens with zero attached hydrogens (tertiary/aromatic N) is 1. The minimum Gasteiger partial charge on any atom is -0.495 e. The molecule has 1 aromatic heterocycles. The second kappa shape index (κ2) is 9.86. The maximum atomic E-state index is 13.1. The average molecular weight is 500 g/mol. The van der Waals surface area contributed by atoms with E-state index in [0.29, 0.717) is 16.3 Å². The van der Waals surface area contributed by atoms with Gasteiger partial charge in [0.25, 0.3) is 21.8 Å². The number of carbonyl (C=O) groups excluding carboxylic acids is 2. The molecule has 1 aliphatic rings. The number of anilines is 1. The Bertz CT molecular complexity index is 1290. The zero-order chi connectivity index (χ0) is 24.3. The number of amides is 2. The van der Waals surface area contributed by atoms with Crippen molar-refractivity contribution in [2.24, 2.45) is 0 Å². The van der Waals surface area contributed by atoms with Crippen molar-refractivity contribution in [1.29, 1.82) is 0 Å². The number of benzene rings is 2. The molecule has 2 N–H and O–H groups in total. The molecule has 0 atom stereocenters. The van der Waals surface area contributed by atoms with Gasteiger partial charge in [-0.2, -0.15) is 0 Å². The van der Waals surface area contributed by atoms with Gasteiger partial charge in [0.2, 0.25) is 0 Å². The summed E-state index contributed by atoms with van der Waals surface area (Å²) in [4.78, 5) is 26.7. The Hall–Kier alpha value is -3.37. The van der Waals surface area contributed by atoms with E-state index in [1.165, 1.54) is 60.2 Å². The summed E-state index contributed by atoms with van der Waals surface area (Å²) in [5, 5.41) is 0. The molecule has 4 rings (SSSR count). The lowest BCUT2D eigenvalue weighted by atomic mass is 9.99. The molecule has 1 aliphatic carbocycles. The van der Waals surface area contributed by atoms with Crippen molar-refractivity contribution in [1.82, 2.24) is 10.9 Å². The van der Waals surface area contributed by atoms with E-state index < -0.39 is 15.9 Å². The molecule has 0 radical (unpaired) electrons. The number of ether oxygens (including phenoxy) is 1. The number of hydrogen-bond acceptors (Lipinski definition) is 6. The second-order valence-electron chi connectivity index (χ2n) is 7.84. The summed E-state index contributed by atoms with van der Waals surface area (Å²) in [5.74, 6) is -0.492. The topological polar surface area (TPSA) is 105 Å². The summed E-state index contributed by atoms with van der Waals surface area (Å²) in [5.41, 5.74) is 6.64. The van der Waals surface area contributed by atoms with Crippen LogP contribution in [0.2, 0.25) is 0 Å². The number of hydrazine groups is 1. The van der Waals surface area contributed by atoms with Crippen LogP contribution >= 0.6 is 11.3 Å². The highest BCUT2D eigenvalue weighted by atomic mass is 32.2. The molecule has 0 saturated carbocycles. The number of rotatable bonds is 6. The van der Waals surface area contributed by atoms with E-state index in [-0.39, 0.29) is 16.4 Å². The predicted octanol–water partition coefficient (Wildman–Crippen LogP) is 3.54. The molecule has 10 heteroatoms. The van der Waals surface area contributed by atoms with E-state index in [9.17, 15) is 18.0 Å². The van der Waals surface area contributed by atoms with Gasteiger partial charge in [-0.05, 0) is 73.7 Å². The van der Waals surface area contributed by atoms with Gasteiger partial charge >= 0.3 is 0 Å². The third-order valence-corrected chi connectivity index (χ3v) is 8.73. The van der Waals surface area contributed by atoms with Gasteiger partial charge < -0.3 is 4.74 Å². The summed E-state index contributed by atoms with van der Waals surface area (Å²) >= 11 is 1.46. The molecule has 178 valence electrons. The summed E-state index contributed by atoms with van der Waals surface area (Å²) in [6.07, 6.45) is 4.22. The van der Waals surface area contributed by atoms with Gasteiger partial charge in [0.1, 0.15) is 5.75 Å². The standard InChI is InChI=1S/C24H25N3O5S2/c1-27(19-8-4-5-9-20(19)32-2)34(30,31)18-13-11-16(12-14-18)23(28)25-26-24(29)22-15-17-7-3-6-10-21(17)33-22/h4-5,8-9,11-15H,3,6-7,10H2,1-2H3,(H,25,28)(H,26,29). The van der Waals surface area contributed by atoms with Crippen LogP contribution in [-0.2, 0) is 22.9 Å². The minimum atomic E-state index is -3.88. The summed E-state index contributed by atoms with van der Waals surface area (Å²) in [6, 6.07) is 14.2. The highest BCUT2D eigenvalue weighted by molar-refractivity contribution is 7.92. The monoisotopic (exact) mass is 499 g/mol. The Kier molecular flexibility index (Phi) is 6.90. The van der Waals surface area contributed by atoms with Crippen molar-refractivity contribution in [2.45, 2.75) is 30.6 Å². The summed E-state index contributed by atoms with van der Waals surface area (Å²) in [7, 11) is -0.971. The minimum absolute atomic E-state index is 0.0191. The second-order valence-corrected chi connectivity index (χ2v) is 10.9. The van der Waals surface area contributed by atoms with Crippen LogP contribution in [-0.4, -0.2) is 34.4 Å². The molecule has 8 nitrogen and oxygen atoms in total. The van der Waals surface area contributed by atoms with Gasteiger partial charge in [0.05, 0.1) is 22.6 Å². The molecule has 2 amide bonds. The zero-order valence-electron chi connectivity index (χ0n) is 18.8. The van der Waals surface area contributed by atoms with E-state index in [1.807, 2.05) is 6.07 Å². The Morgan fingerprint density at radius 1 is 0.971 bits per heavy atom. The Labute approximate surface area is 202 Å². The van der Waals surface area contributed by atoms with Crippen LogP contribution in [0.15, 0.2) is 59.5 Å². The molecule has 0 bridgehead atoms. The van der Waals surface area contributed by atoms with Crippen molar-refractivity contribution >= 4 is 38.9 Å². The first-order valence-corrected chi connectivity index (χ1v) is 13.0. The Morgan fingerprint density at radius 3 is 2.35 bits per heavy atom. The maximum absolute atomic E-state index is 13.1. The van der Waals surface area contributed by atoms with E-state index >= 15 is 0 Å². The average Bonchev–Trinajstić information content (AvgIpc) is 3.31. The van der Waals surface area contributed by atoms with Crippen LogP contribution < -0.4 is 19.9 Å². The smallest absolute Gasteiger partial charge is 0.279 e.